The third-order valence-electron chi connectivity index (χ3n) is 9.18. The largest absolute Gasteiger partial charge is 0.491 e. The van der Waals surface area contributed by atoms with Gasteiger partial charge in [0, 0.05) is 59.5 Å². The third-order valence-corrected chi connectivity index (χ3v) is 10.4. The predicted molar refractivity (Wildman–Crippen MR) is 202 cm³/mol. The number of fused-ring (bicyclic) bond motifs is 4. The molecule has 11 nitrogen and oxygen atoms in total. The number of thiophene rings is 1. The number of piperazine rings is 1. The number of anilines is 1. The minimum atomic E-state index is -4.80. The van der Waals surface area contributed by atoms with Gasteiger partial charge in [0.2, 0.25) is 0 Å². The van der Waals surface area contributed by atoms with Crippen LogP contribution in [0.1, 0.15) is 48.0 Å². The first-order valence-electron chi connectivity index (χ1n) is 17.1. The van der Waals surface area contributed by atoms with Crippen molar-refractivity contribution in [3.05, 3.63) is 85.7 Å². The van der Waals surface area contributed by atoms with E-state index >= 15 is 0 Å². The van der Waals surface area contributed by atoms with Gasteiger partial charge in [0.15, 0.2) is 0 Å². The van der Waals surface area contributed by atoms with Crippen LogP contribution < -0.4 is 15.2 Å². The molecule has 0 unspecified atom stereocenters. The minimum Gasteiger partial charge on any atom is -0.491 e. The van der Waals surface area contributed by atoms with Crippen LogP contribution in [-0.2, 0) is 17.5 Å². The average Bonchev–Trinajstić information content (AvgIpc) is 3.76. The molecule has 1 aliphatic heterocycles. The number of nitriles is 1. The molecule has 280 valence electrons. The first-order chi connectivity index (χ1) is 25.6. The zero-order valence-corrected chi connectivity index (χ0v) is 31.6. The predicted octanol–water partition coefficient (Wildman–Crippen LogP) is 7.56. The van der Waals surface area contributed by atoms with Crippen molar-refractivity contribution in [3.8, 4) is 22.9 Å². The van der Waals surface area contributed by atoms with Gasteiger partial charge in [-0.15, -0.1) is 11.3 Å². The molecular formula is C38H35ClF3N7O4S. The van der Waals surface area contributed by atoms with Crippen molar-refractivity contribution in [3.63, 3.8) is 0 Å². The van der Waals surface area contributed by atoms with E-state index in [1.165, 1.54) is 37.6 Å². The summed E-state index contributed by atoms with van der Waals surface area (Å²) in [5.41, 5.74) is -0.0306. The molecule has 1 aliphatic rings. The molecule has 2 aromatic carbocycles. The lowest BCUT2D eigenvalue weighted by Crippen LogP contribution is -2.45. The molecule has 1 saturated heterocycles. The molecule has 0 saturated carbocycles. The number of ether oxygens (including phenoxy) is 2. The number of pyridine rings is 1. The highest BCUT2D eigenvalue weighted by atomic mass is 35.5. The number of likely N-dealkylation sites (N-methyl/N-ethyl adjacent to an activating group) is 1. The van der Waals surface area contributed by atoms with Crippen LogP contribution in [0.15, 0.2) is 52.8 Å². The lowest BCUT2D eigenvalue weighted by atomic mass is 10.00. The number of benzene rings is 2. The van der Waals surface area contributed by atoms with Crippen LogP contribution in [0.4, 0.5) is 18.9 Å². The summed E-state index contributed by atoms with van der Waals surface area (Å²) in [4.78, 5) is 35.6. The van der Waals surface area contributed by atoms with Crippen LogP contribution in [0.3, 0.4) is 0 Å². The number of nitrogens with zero attached hydrogens (tertiary/aromatic N) is 7. The fourth-order valence-corrected chi connectivity index (χ4v) is 7.95. The van der Waals surface area contributed by atoms with Crippen molar-refractivity contribution >= 4 is 61.4 Å². The number of carbonyl (C=O) groups is 1. The topological polar surface area (TPSA) is 118 Å². The Balaban J connectivity index is 1.28. The second-order valence-corrected chi connectivity index (χ2v) is 15.4. The average molecular weight is 778 g/mol. The van der Waals surface area contributed by atoms with Gasteiger partial charge in [-0.3, -0.25) is 14.3 Å². The van der Waals surface area contributed by atoms with Crippen molar-refractivity contribution in [1.29, 1.82) is 5.26 Å². The van der Waals surface area contributed by atoms with Gasteiger partial charge in [0.25, 0.3) is 5.56 Å². The number of hydrogen-bond acceptors (Lipinski definition) is 10. The van der Waals surface area contributed by atoms with Gasteiger partial charge < -0.3 is 19.3 Å². The Morgan fingerprint density at radius 2 is 1.81 bits per heavy atom. The van der Waals surface area contributed by atoms with E-state index in [-0.39, 0.29) is 54.0 Å². The molecule has 4 aromatic heterocycles. The van der Waals surface area contributed by atoms with Crippen molar-refractivity contribution < 1.29 is 27.4 Å². The number of hydrogen-bond donors (Lipinski definition) is 0. The first kappa shape index (κ1) is 37.2. The Morgan fingerprint density at radius 3 is 2.50 bits per heavy atom. The fraction of sp³-hybridized carbons (Fsp3) is 0.342. The molecule has 54 heavy (non-hydrogen) atoms. The van der Waals surface area contributed by atoms with Crippen LogP contribution in [0.5, 0.6) is 5.75 Å². The number of alkyl halides is 3. The molecule has 1 fully saturated rings. The van der Waals surface area contributed by atoms with Gasteiger partial charge >= 0.3 is 12.1 Å². The van der Waals surface area contributed by atoms with Gasteiger partial charge in [0.05, 0.1) is 56.2 Å². The maximum Gasteiger partial charge on any atom is 0.418 e. The fourth-order valence-electron chi connectivity index (χ4n) is 6.77. The minimum absolute atomic E-state index is 0.0334. The van der Waals surface area contributed by atoms with E-state index in [1.54, 1.807) is 44.4 Å². The molecule has 0 radical (unpaired) electrons. The van der Waals surface area contributed by atoms with E-state index in [1.807, 2.05) is 31.0 Å². The number of carbonyl (C=O) groups excluding carboxylic acids is 1. The summed E-state index contributed by atoms with van der Waals surface area (Å²) >= 11 is 7.83. The lowest BCUT2D eigenvalue weighted by molar-refractivity contribution is -0.137. The number of aromatic nitrogens is 4. The van der Waals surface area contributed by atoms with Crippen LogP contribution >= 0.6 is 22.9 Å². The molecule has 7 rings (SSSR count). The Kier molecular flexibility index (Phi) is 9.57. The van der Waals surface area contributed by atoms with Gasteiger partial charge in [-0.05, 0) is 65.1 Å². The van der Waals surface area contributed by atoms with E-state index in [0.29, 0.717) is 46.2 Å². The molecule has 0 N–H and O–H groups in total. The Bertz CT molecular complexity index is 2560. The summed E-state index contributed by atoms with van der Waals surface area (Å²) in [6.07, 6.45) is -3.41. The summed E-state index contributed by atoms with van der Waals surface area (Å²) in [6, 6.07) is 11.4. The Hall–Kier alpha value is -5.17. The molecule has 0 atom stereocenters. The molecule has 16 heteroatoms. The lowest BCUT2D eigenvalue weighted by Gasteiger charge is -2.36. The molecule has 0 aliphatic carbocycles. The standard InChI is InChI=1S/C38H35ClF3N7O4S/c1-21-16-24(34-32(45-21)26(20-54-34)36(51)53-37(2,3)4)23-17-22(39)6-7-29(23)52-15-14-48-30-8-9-44-49(30)28-18-27(38(40,41)42)33(25(19-43)31(28)35(48)50)47-12-10-46(5)11-13-47/h6-9,16-18,20H,10-15H2,1-5H3. The second-order valence-electron chi connectivity index (χ2n) is 14.1. The van der Waals surface area contributed by atoms with Gasteiger partial charge in [-0.25, -0.2) is 9.31 Å². The summed E-state index contributed by atoms with van der Waals surface area (Å²) < 4.78 is 59.2. The monoisotopic (exact) mass is 777 g/mol. The molecule has 0 amide bonds. The van der Waals surface area contributed by atoms with Crippen molar-refractivity contribution in [1.82, 2.24) is 24.1 Å². The zero-order chi connectivity index (χ0) is 38.7. The number of rotatable bonds is 7. The van der Waals surface area contributed by atoms with Crippen LogP contribution in [0.2, 0.25) is 5.02 Å². The summed E-state index contributed by atoms with van der Waals surface area (Å²) in [6.45, 7) is 8.62. The Morgan fingerprint density at radius 1 is 1.07 bits per heavy atom. The summed E-state index contributed by atoms with van der Waals surface area (Å²) in [5, 5.41) is 16.7. The SMILES string of the molecule is Cc1cc(-c2cc(Cl)ccc2OCCn2c(=O)c3c(C#N)c(N4CCN(C)CC4)c(C(F)(F)F)cc3n3nccc23)c2scc(C(=O)OC(C)(C)C)c2n1. The molecule has 5 heterocycles. The maximum absolute atomic E-state index is 14.6. The molecule has 6 aromatic rings. The number of halogens is 4. The van der Waals surface area contributed by atoms with Crippen LogP contribution in [-0.4, -0.2) is 75.5 Å². The van der Waals surface area contributed by atoms with Crippen LogP contribution in [0, 0.1) is 18.3 Å². The first-order valence-corrected chi connectivity index (χ1v) is 18.3. The quantitative estimate of drug-likeness (QED) is 0.151. The highest BCUT2D eigenvalue weighted by Crippen LogP contribution is 2.43. The van der Waals surface area contributed by atoms with E-state index in [9.17, 15) is 28.0 Å². The summed E-state index contributed by atoms with van der Waals surface area (Å²) in [7, 11) is 1.87. The van der Waals surface area contributed by atoms with Crippen LogP contribution in [0.25, 0.3) is 37.9 Å². The Labute approximate surface area is 316 Å². The number of aryl methyl sites for hydroxylation is 1. The van der Waals surface area contributed by atoms with E-state index in [0.717, 1.165) is 16.3 Å². The van der Waals surface area contributed by atoms with Gasteiger partial charge in [0.1, 0.15) is 29.7 Å². The van der Waals surface area contributed by atoms with E-state index < -0.39 is 28.9 Å². The maximum atomic E-state index is 14.6. The van der Waals surface area contributed by atoms with E-state index in [4.69, 9.17) is 21.1 Å². The highest BCUT2D eigenvalue weighted by molar-refractivity contribution is 7.18. The summed E-state index contributed by atoms with van der Waals surface area (Å²) in [5.74, 6) is -0.0565. The molecule has 0 spiro atoms. The molecule has 0 bridgehead atoms. The van der Waals surface area contributed by atoms with E-state index in [2.05, 4.69) is 10.1 Å². The smallest absolute Gasteiger partial charge is 0.418 e. The van der Waals surface area contributed by atoms with Crippen molar-refractivity contribution in [2.24, 2.45) is 0 Å². The van der Waals surface area contributed by atoms with Gasteiger partial charge in [-0.1, -0.05) is 11.6 Å². The van der Waals surface area contributed by atoms with Gasteiger partial charge in [-0.2, -0.15) is 23.5 Å². The van der Waals surface area contributed by atoms with Crippen molar-refractivity contribution in [2.75, 3.05) is 44.7 Å². The number of esters is 1. The van der Waals surface area contributed by atoms with Crippen molar-refractivity contribution in [2.45, 2.75) is 46.0 Å². The highest BCUT2D eigenvalue weighted by Gasteiger charge is 2.39. The normalized spacial score (nSPS) is 14.3. The molecular weight excluding hydrogens is 743 g/mol. The third kappa shape index (κ3) is 6.85. The zero-order valence-electron chi connectivity index (χ0n) is 30.0. The second kappa shape index (κ2) is 13.9.